The van der Waals surface area contributed by atoms with E-state index in [1.807, 2.05) is 0 Å². The molecule has 0 bridgehead atoms. The zero-order valence-corrected chi connectivity index (χ0v) is 9.02. The minimum Gasteiger partial charge on any atom is -0.475 e. The molecule has 16 heavy (non-hydrogen) atoms. The number of alkyl halides is 1. The quantitative estimate of drug-likeness (QED) is 0.597. The van der Waals surface area contributed by atoms with Crippen LogP contribution in [0.5, 0.6) is 5.88 Å². The summed E-state index contributed by atoms with van der Waals surface area (Å²) >= 11 is 0. The van der Waals surface area contributed by atoms with Crippen LogP contribution in [0.2, 0.25) is 0 Å². The predicted octanol–water partition coefficient (Wildman–Crippen LogP) is 1.26. The molecule has 0 N–H and O–H groups in total. The molecule has 0 aromatic carbocycles. The molecule has 1 heterocycles. The van der Waals surface area contributed by atoms with E-state index >= 15 is 0 Å². The first-order chi connectivity index (χ1) is 7.93. The lowest BCUT2D eigenvalue weighted by molar-refractivity contribution is 0.0320. The van der Waals surface area contributed by atoms with Crippen molar-refractivity contribution in [3.63, 3.8) is 0 Å². The first kappa shape index (κ1) is 12.9. The molecule has 0 amide bonds. The molecule has 89 valence electrons. The van der Waals surface area contributed by atoms with Gasteiger partial charge in [-0.25, -0.2) is 9.37 Å². The molecule has 0 aliphatic heterocycles. The molecule has 0 saturated heterocycles. The van der Waals surface area contributed by atoms with E-state index in [1.54, 1.807) is 18.3 Å². The highest BCUT2D eigenvalue weighted by atomic mass is 19.1. The number of rotatable bonds is 9. The summed E-state index contributed by atoms with van der Waals surface area (Å²) in [6, 6.07) is 6.25. The van der Waals surface area contributed by atoms with Crippen LogP contribution >= 0.6 is 0 Å². The smallest absolute Gasteiger partial charge is 0.213 e. The Bertz CT molecular complexity index is 259. The standard InChI is InChI=1S/C11H15FNO3/c12-4-6-14-7-8-15-9-10-16-11-3-1-2-5-13-11/h1,3,5H,4,6-10H2. The molecule has 0 unspecified atom stereocenters. The molecule has 0 aliphatic carbocycles. The van der Waals surface area contributed by atoms with Gasteiger partial charge in [-0.1, -0.05) is 0 Å². The van der Waals surface area contributed by atoms with E-state index in [-0.39, 0.29) is 6.61 Å². The lowest BCUT2D eigenvalue weighted by Gasteiger charge is -2.06. The van der Waals surface area contributed by atoms with Crippen molar-refractivity contribution in [1.82, 2.24) is 4.98 Å². The number of halogens is 1. The monoisotopic (exact) mass is 228 g/mol. The number of hydrogen-bond donors (Lipinski definition) is 0. The van der Waals surface area contributed by atoms with E-state index in [0.29, 0.717) is 32.3 Å². The first-order valence-corrected chi connectivity index (χ1v) is 5.10. The summed E-state index contributed by atoms with van der Waals surface area (Å²) in [7, 11) is 0. The minimum atomic E-state index is -0.459. The second-order valence-electron chi connectivity index (χ2n) is 2.86. The van der Waals surface area contributed by atoms with Crippen LogP contribution < -0.4 is 4.74 Å². The van der Waals surface area contributed by atoms with Crippen LogP contribution in [-0.2, 0) is 9.47 Å². The first-order valence-electron chi connectivity index (χ1n) is 5.10. The van der Waals surface area contributed by atoms with Gasteiger partial charge in [0.1, 0.15) is 13.3 Å². The fourth-order valence-corrected chi connectivity index (χ4v) is 0.973. The van der Waals surface area contributed by atoms with Gasteiger partial charge in [0, 0.05) is 18.3 Å². The van der Waals surface area contributed by atoms with E-state index in [0.717, 1.165) is 0 Å². The third-order valence-corrected chi connectivity index (χ3v) is 1.66. The van der Waals surface area contributed by atoms with E-state index < -0.39 is 6.67 Å². The maximum Gasteiger partial charge on any atom is 0.213 e. The zero-order valence-electron chi connectivity index (χ0n) is 9.02. The maximum absolute atomic E-state index is 11.6. The van der Waals surface area contributed by atoms with E-state index in [1.165, 1.54) is 0 Å². The van der Waals surface area contributed by atoms with Crippen molar-refractivity contribution < 1.29 is 18.6 Å². The Labute approximate surface area is 94.3 Å². The largest absolute Gasteiger partial charge is 0.475 e. The summed E-state index contributed by atoms with van der Waals surface area (Å²) in [5.74, 6) is 0.552. The van der Waals surface area contributed by atoms with Crippen LogP contribution in [0.4, 0.5) is 4.39 Å². The van der Waals surface area contributed by atoms with Crippen LogP contribution in [-0.4, -0.2) is 44.7 Å². The molecule has 0 saturated carbocycles. The predicted molar refractivity (Wildman–Crippen MR) is 56.2 cm³/mol. The molecular weight excluding hydrogens is 213 g/mol. The average Bonchev–Trinajstić information content (AvgIpc) is 2.34. The van der Waals surface area contributed by atoms with Gasteiger partial charge in [-0.05, 0) is 6.07 Å². The van der Waals surface area contributed by atoms with Gasteiger partial charge in [0.2, 0.25) is 5.88 Å². The fraction of sp³-hybridized carbons (Fsp3) is 0.545. The number of aromatic nitrogens is 1. The molecular formula is C11H15FNO3. The van der Waals surface area contributed by atoms with Gasteiger partial charge >= 0.3 is 0 Å². The summed E-state index contributed by atoms with van der Waals surface area (Å²) in [5.41, 5.74) is 0. The summed E-state index contributed by atoms with van der Waals surface area (Å²) < 4.78 is 27.0. The number of nitrogens with zero attached hydrogens (tertiary/aromatic N) is 1. The highest BCUT2D eigenvalue weighted by Crippen LogP contribution is 2.01. The molecule has 0 spiro atoms. The third-order valence-electron chi connectivity index (χ3n) is 1.66. The lowest BCUT2D eigenvalue weighted by atomic mass is 10.5. The van der Waals surface area contributed by atoms with Crippen LogP contribution in [0.1, 0.15) is 0 Å². The normalized spacial score (nSPS) is 10.3. The molecule has 5 heteroatoms. The van der Waals surface area contributed by atoms with E-state index in [2.05, 4.69) is 11.1 Å². The number of pyridine rings is 1. The lowest BCUT2D eigenvalue weighted by Crippen LogP contribution is -2.11. The van der Waals surface area contributed by atoms with E-state index in [9.17, 15) is 4.39 Å². The molecule has 0 fully saturated rings. The van der Waals surface area contributed by atoms with Crippen molar-refractivity contribution in [2.24, 2.45) is 0 Å². The molecule has 1 radical (unpaired) electrons. The fourth-order valence-electron chi connectivity index (χ4n) is 0.973. The summed E-state index contributed by atoms with van der Waals surface area (Å²) in [6.45, 7) is 1.41. The molecule has 0 atom stereocenters. The maximum atomic E-state index is 11.6. The van der Waals surface area contributed by atoms with Gasteiger partial charge in [-0.15, -0.1) is 0 Å². The van der Waals surface area contributed by atoms with E-state index in [4.69, 9.17) is 14.2 Å². The third kappa shape index (κ3) is 6.31. The highest BCUT2D eigenvalue weighted by Gasteiger charge is 1.93. The van der Waals surface area contributed by atoms with Crippen molar-refractivity contribution in [2.75, 3.05) is 39.7 Å². The average molecular weight is 228 g/mol. The van der Waals surface area contributed by atoms with Crippen molar-refractivity contribution in [3.05, 3.63) is 24.4 Å². The highest BCUT2D eigenvalue weighted by molar-refractivity contribution is 5.08. The number of ether oxygens (including phenoxy) is 3. The zero-order chi connectivity index (χ0) is 11.5. The van der Waals surface area contributed by atoms with Crippen molar-refractivity contribution in [3.8, 4) is 5.88 Å². The molecule has 1 rings (SSSR count). The van der Waals surface area contributed by atoms with Crippen LogP contribution in [0.3, 0.4) is 0 Å². The van der Waals surface area contributed by atoms with Crippen molar-refractivity contribution in [2.45, 2.75) is 0 Å². The second-order valence-corrected chi connectivity index (χ2v) is 2.86. The Balaban J connectivity index is 1.89. The summed E-state index contributed by atoms with van der Waals surface area (Å²) in [5, 5.41) is 0. The van der Waals surface area contributed by atoms with Gasteiger partial charge in [0.15, 0.2) is 0 Å². The Hall–Kier alpha value is -1.20. The Morgan fingerprint density at radius 3 is 2.56 bits per heavy atom. The van der Waals surface area contributed by atoms with Crippen LogP contribution in [0.25, 0.3) is 0 Å². The molecule has 1 aromatic heterocycles. The van der Waals surface area contributed by atoms with Crippen LogP contribution in [0, 0.1) is 6.07 Å². The second kappa shape index (κ2) is 9.06. The van der Waals surface area contributed by atoms with Crippen LogP contribution in [0.15, 0.2) is 18.3 Å². The van der Waals surface area contributed by atoms with Crippen molar-refractivity contribution in [1.29, 1.82) is 0 Å². The Morgan fingerprint density at radius 2 is 1.88 bits per heavy atom. The molecule has 0 aliphatic rings. The summed E-state index contributed by atoms with van der Waals surface area (Å²) in [4.78, 5) is 3.94. The van der Waals surface area contributed by atoms with Gasteiger partial charge < -0.3 is 14.2 Å². The Kier molecular flexibility index (Phi) is 7.28. The van der Waals surface area contributed by atoms with Gasteiger partial charge in [-0.2, -0.15) is 0 Å². The van der Waals surface area contributed by atoms with Gasteiger partial charge in [-0.3, -0.25) is 0 Å². The number of hydrogen-bond acceptors (Lipinski definition) is 4. The SMILES string of the molecule is FCCOCCOCCOc1cc[c]cn1. The topological polar surface area (TPSA) is 40.6 Å². The van der Waals surface area contributed by atoms with Crippen molar-refractivity contribution >= 4 is 0 Å². The minimum absolute atomic E-state index is 0.129. The van der Waals surface area contributed by atoms with Gasteiger partial charge in [0.05, 0.1) is 26.4 Å². The molecule has 1 aromatic rings. The van der Waals surface area contributed by atoms with Gasteiger partial charge in [0.25, 0.3) is 0 Å². The Morgan fingerprint density at radius 1 is 1.12 bits per heavy atom. The summed E-state index contributed by atoms with van der Waals surface area (Å²) in [6.07, 6.45) is 1.54. The molecule has 4 nitrogen and oxygen atoms in total.